The Morgan fingerprint density at radius 2 is 2.04 bits per heavy atom. The minimum atomic E-state index is -0.667. The summed E-state index contributed by atoms with van der Waals surface area (Å²) < 4.78 is 19.6. The number of piperidine rings is 1. The minimum Gasteiger partial charge on any atom is -0.361 e. The number of rotatable bonds is 2. The number of morpholine rings is 1. The van der Waals surface area contributed by atoms with Crippen molar-refractivity contribution in [3.63, 3.8) is 0 Å². The normalized spacial score (nSPS) is 22.6. The Balaban J connectivity index is 1.54. The molecule has 3 heterocycles. The number of aryl methyl sites for hydroxylation is 1. The maximum Gasteiger partial charge on any atom is 0.257 e. The van der Waals surface area contributed by atoms with E-state index in [1.807, 2.05) is 0 Å². The van der Waals surface area contributed by atoms with Gasteiger partial charge in [0.15, 0.2) is 0 Å². The molecule has 1 unspecified atom stereocenters. The Morgan fingerprint density at radius 3 is 2.79 bits per heavy atom. The Kier molecular flexibility index (Phi) is 4.80. The summed E-state index contributed by atoms with van der Waals surface area (Å²) in [6, 6.07) is 5.96. The molecule has 2 aromatic rings. The minimum absolute atomic E-state index is 0.0911. The van der Waals surface area contributed by atoms with Crippen molar-refractivity contribution in [2.24, 2.45) is 0 Å². The van der Waals surface area contributed by atoms with Crippen molar-refractivity contribution in [3.05, 3.63) is 53.9 Å². The predicted molar refractivity (Wildman–Crippen MR) is 99.3 cm³/mol. The van der Waals surface area contributed by atoms with E-state index in [1.54, 1.807) is 28.9 Å². The van der Waals surface area contributed by atoms with Gasteiger partial charge in [-0.1, -0.05) is 6.07 Å². The third-order valence-corrected chi connectivity index (χ3v) is 5.22. The number of halogens is 1. The van der Waals surface area contributed by atoms with Crippen molar-refractivity contribution >= 4 is 17.5 Å². The van der Waals surface area contributed by atoms with Crippen LogP contribution < -0.4 is 4.90 Å². The molecule has 28 heavy (non-hydrogen) atoms. The summed E-state index contributed by atoms with van der Waals surface area (Å²) in [6.45, 7) is 2.91. The summed E-state index contributed by atoms with van der Waals surface area (Å²) in [4.78, 5) is 36.7. The summed E-state index contributed by atoms with van der Waals surface area (Å²) >= 11 is 0. The third kappa shape index (κ3) is 3.60. The number of carbonyl (C=O) groups excluding carboxylic acids is 2. The highest BCUT2D eigenvalue weighted by atomic mass is 19.1. The first kappa shape index (κ1) is 18.5. The molecule has 2 aliphatic rings. The first-order valence-corrected chi connectivity index (χ1v) is 9.24. The summed E-state index contributed by atoms with van der Waals surface area (Å²) in [6.07, 6.45) is 4.52. The third-order valence-electron chi connectivity index (χ3n) is 5.22. The van der Waals surface area contributed by atoms with E-state index in [0.717, 1.165) is 12.8 Å². The number of hydrogen-bond acceptors (Lipinski definition) is 5. The predicted octanol–water partition coefficient (Wildman–Crippen LogP) is 1.96. The van der Waals surface area contributed by atoms with Crippen LogP contribution in [0.3, 0.4) is 0 Å². The lowest BCUT2D eigenvalue weighted by atomic mass is 9.90. The summed E-state index contributed by atoms with van der Waals surface area (Å²) in [5, 5.41) is 0. The second-order valence-corrected chi connectivity index (χ2v) is 7.28. The molecule has 0 N–H and O–H groups in total. The van der Waals surface area contributed by atoms with E-state index in [9.17, 15) is 14.0 Å². The Bertz CT molecular complexity index is 905. The number of benzene rings is 1. The van der Waals surface area contributed by atoms with Gasteiger partial charge in [-0.2, -0.15) is 0 Å². The van der Waals surface area contributed by atoms with Crippen LogP contribution >= 0.6 is 0 Å². The number of hydrogen-bond donors (Lipinski definition) is 0. The van der Waals surface area contributed by atoms with Gasteiger partial charge in [-0.15, -0.1) is 0 Å². The van der Waals surface area contributed by atoms with Gasteiger partial charge < -0.3 is 14.5 Å². The number of likely N-dealkylation sites (tertiary alicyclic amines) is 1. The summed E-state index contributed by atoms with van der Waals surface area (Å²) in [7, 11) is 0. The topological polar surface area (TPSA) is 75.6 Å². The SMILES string of the molecule is Cc1ncc(C(=O)N2CCCC3(C2)CN(c2cccc(F)c2)C(=O)CO3)cn1. The molecule has 8 heteroatoms. The molecule has 0 bridgehead atoms. The average molecular weight is 384 g/mol. The lowest BCUT2D eigenvalue weighted by Gasteiger charge is -2.47. The number of nitrogens with zero attached hydrogens (tertiary/aromatic N) is 4. The highest BCUT2D eigenvalue weighted by Crippen LogP contribution is 2.32. The number of amides is 2. The standard InChI is InChI=1S/C20H21FN4O3/c1-14-22-9-15(10-23-14)19(27)24-7-3-6-20(12-24)13-25(18(26)11-28-20)17-5-2-4-16(21)8-17/h2,4-5,8-10H,3,6-7,11-13H2,1H3. The maximum atomic E-state index is 13.6. The van der Waals surface area contributed by atoms with Gasteiger partial charge >= 0.3 is 0 Å². The van der Waals surface area contributed by atoms with E-state index in [0.29, 0.717) is 30.2 Å². The highest BCUT2D eigenvalue weighted by molar-refractivity contribution is 5.95. The molecule has 0 saturated carbocycles. The van der Waals surface area contributed by atoms with Gasteiger partial charge in [0.25, 0.3) is 11.8 Å². The van der Waals surface area contributed by atoms with Gasteiger partial charge in [0.2, 0.25) is 0 Å². The summed E-state index contributed by atoms with van der Waals surface area (Å²) in [5.74, 6) is -0.166. The zero-order valence-corrected chi connectivity index (χ0v) is 15.6. The Hall–Kier alpha value is -2.87. The smallest absolute Gasteiger partial charge is 0.257 e. The fourth-order valence-electron chi connectivity index (χ4n) is 3.80. The van der Waals surface area contributed by atoms with Gasteiger partial charge in [0.05, 0.1) is 18.7 Å². The van der Waals surface area contributed by atoms with Crippen molar-refractivity contribution in [1.29, 1.82) is 0 Å². The second kappa shape index (κ2) is 7.27. The quantitative estimate of drug-likeness (QED) is 0.791. The van der Waals surface area contributed by atoms with E-state index in [4.69, 9.17) is 4.74 Å². The van der Waals surface area contributed by atoms with Gasteiger partial charge in [0.1, 0.15) is 23.8 Å². The van der Waals surface area contributed by atoms with Crippen LogP contribution in [0.5, 0.6) is 0 Å². The average Bonchev–Trinajstić information content (AvgIpc) is 2.70. The zero-order valence-electron chi connectivity index (χ0n) is 15.6. The van der Waals surface area contributed by atoms with Crippen molar-refractivity contribution < 1.29 is 18.7 Å². The Morgan fingerprint density at radius 1 is 1.25 bits per heavy atom. The van der Waals surface area contributed by atoms with Crippen LogP contribution in [0.15, 0.2) is 36.7 Å². The van der Waals surface area contributed by atoms with E-state index in [2.05, 4.69) is 9.97 Å². The first-order chi connectivity index (χ1) is 13.5. The maximum absolute atomic E-state index is 13.6. The van der Waals surface area contributed by atoms with Crippen LogP contribution in [0.4, 0.5) is 10.1 Å². The fourth-order valence-corrected chi connectivity index (χ4v) is 3.80. The molecule has 1 atom stereocenters. The van der Waals surface area contributed by atoms with Crippen LogP contribution in [-0.4, -0.2) is 58.5 Å². The molecule has 2 saturated heterocycles. The molecule has 0 radical (unpaired) electrons. The van der Waals surface area contributed by atoms with Crippen molar-refractivity contribution in [1.82, 2.24) is 14.9 Å². The number of anilines is 1. The van der Waals surface area contributed by atoms with Gasteiger partial charge in [-0.25, -0.2) is 14.4 Å². The van der Waals surface area contributed by atoms with Crippen LogP contribution in [0.25, 0.3) is 0 Å². The van der Waals surface area contributed by atoms with Gasteiger partial charge in [-0.3, -0.25) is 9.59 Å². The highest BCUT2D eigenvalue weighted by Gasteiger charge is 2.44. The van der Waals surface area contributed by atoms with Crippen LogP contribution in [0.1, 0.15) is 29.0 Å². The van der Waals surface area contributed by atoms with Crippen LogP contribution in [0.2, 0.25) is 0 Å². The Labute approximate surface area is 162 Å². The van der Waals surface area contributed by atoms with Crippen LogP contribution in [-0.2, 0) is 9.53 Å². The van der Waals surface area contributed by atoms with E-state index in [-0.39, 0.29) is 25.0 Å². The van der Waals surface area contributed by atoms with E-state index in [1.165, 1.54) is 24.5 Å². The largest absolute Gasteiger partial charge is 0.361 e. The van der Waals surface area contributed by atoms with Crippen LogP contribution in [0, 0.1) is 12.7 Å². The zero-order chi connectivity index (χ0) is 19.7. The van der Waals surface area contributed by atoms with Gasteiger partial charge in [0, 0.05) is 24.6 Å². The molecular formula is C20H21FN4O3. The second-order valence-electron chi connectivity index (χ2n) is 7.28. The molecule has 7 nitrogen and oxygen atoms in total. The van der Waals surface area contributed by atoms with Crippen molar-refractivity contribution in [3.8, 4) is 0 Å². The van der Waals surface area contributed by atoms with E-state index >= 15 is 0 Å². The first-order valence-electron chi connectivity index (χ1n) is 9.24. The number of ether oxygens (including phenoxy) is 1. The van der Waals surface area contributed by atoms with Gasteiger partial charge in [-0.05, 0) is 38.0 Å². The molecule has 2 amide bonds. The number of aromatic nitrogens is 2. The lowest BCUT2D eigenvalue weighted by molar-refractivity contribution is -0.144. The monoisotopic (exact) mass is 384 g/mol. The molecule has 2 aliphatic heterocycles. The van der Waals surface area contributed by atoms with Crippen molar-refractivity contribution in [2.45, 2.75) is 25.4 Å². The molecule has 1 spiro atoms. The molecular weight excluding hydrogens is 363 g/mol. The molecule has 2 fully saturated rings. The number of carbonyl (C=O) groups is 2. The van der Waals surface area contributed by atoms with E-state index < -0.39 is 11.4 Å². The molecule has 4 rings (SSSR count). The summed E-state index contributed by atoms with van der Waals surface area (Å²) in [5.41, 5.74) is 0.263. The lowest BCUT2D eigenvalue weighted by Crippen LogP contribution is -2.62. The molecule has 0 aliphatic carbocycles. The molecule has 146 valence electrons. The van der Waals surface area contributed by atoms with Crippen molar-refractivity contribution in [2.75, 3.05) is 31.1 Å². The fraction of sp³-hybridized carbons (Fsp3) is 0.400. The molecule has 1 aromatic heterocycles. The molecule has 1 aromatic carbocycles.